The molecule has 1 N–H and O–H groups in total. The molecular weight excluding hydrogens is 379 g/mol. The SMILES string of the molecule is N=C1c2c(cccc2S(=O)(=O)C(F)F)CC1Oc1cc(F)cc(Cl)c1. The predicted molar refractivity (Wildman–Crippen MR) is 86.0 cm³/mol. The van der Waals surface area contributed by atoms with Crippen molar-refractivity contribution in [2.45, 2.75) is 23.2 Å². The molecule has 0 aliphatic heterocycles. The van der Waals surface area contributed by atoms with Gasteiger partial charge in [0, 0.05) is 23.1 Å². The molecule has 0 fully saturated rings. The third kappa shape index (κ3) is 3.23. The first-order chi connectivity index (χ1) is 11.7. The largest absolute Gasteiger partial charge is 0.484 e. The molecule has 1 aliphatic carbocycles. The highest BCUT2D eigenvalue weighted by Gasteiger charge is 2.37. The molecule has 2 aromatic rings. The van der Waals surface area contributed by atoms with Crippen LogP contribution in [-0.4, -0.2) is 26.0 Å². The van der Waals surface area contributed by atoms with Crippen molar-refractivity contribution < 1.29 is 26.3 Å². The van der Waals surface area contributed by atoms with E-state index in [9.17, 15) is 21.6 Å². The molecule has 1 atom stereocenters. The van der Waals surface area contributed by atoms with E-state index in [1.165, 1.54) is 18.2 Å². The van der Waals surface area contributed by atoms with Crippen LogP contribution in [0.1, 0.15) is 11.1 Å². The van der Waals surface area contributed by atoms with Crippen molar-refractivity contribution in [2.24, 2.45) is 0 Å². The third-order valence-corrected chi connectivity index (χ3v) is 5.41. The molecule has 3 rings (SSSR count). The standard InChI is InChI=1S/C16H11ClF3NO3S/c17-9-5-10(18)7-11(6-9)24-12-4-8-2-1-3-13(14(8)15(12)21)25(22,23)16(19)20/h1-3,5-7,12,16,21H,4H2. The predicted octanol–water partition coefficient (Wildman–Crippen LogP) is 3.85. The van der Waals surface area contributed by atoms with Gasteiger partial charge in [0.1, 0.15) is 17.7 Å². The van der Waals surface area contributed by atoms with Crippen LogP contribution in [-0.2, 0) is 16.3 Å². The van der Waals surface area contributed by atoms with Gasteiger partial charge in [-0.15, -0.1) is 0 Å². The van der Waals surface area contributed by atoms with E-state index in [0.29, 0.717) is 5.56 Å². The lowest BCUT2D eigenvalue weighted by molar-refractivity contribution is 0.234. The number of halogens is 4. The Morgan fingerprint density at radius 1 is 1.24 bits per heavy atom. The van der Waals surface area contributed by atoms with Gasteiger partial charge in [-0.1, -0.05) is 23.7 Å². The molecule has 0 saturated heterocycles. The molecule has 1 aliphatic rings. The Balaban J connectivity index is 1.97. The van der Waals surface area contributed by atoms with Crippen molar-refractivity contribution in [1.82, 2.24) is 0 Å². The fraction of sp³-hybridized carbons (Fsp3) is 0.188. The summed E-state index contributed by atoms with van der Waals surface area (Å²) in [6.45, 7) is 0. The van der Waals surface area contributed by atoms with Gasteiger partial charge in [0.05, 0.1) is 10.6 Å². The molecule has 0 radical (unpaired) electrons. The van der Waals surface area contributed by atoms with Crippen LogP contribution < -0.4 is 4.74 Å². The first-order valence-electron chi connectivity index (χ1n) is 7.05. The Kier molecular flexibility index (Phi) is 4.51. The van der Waals surface area contributed by atoms with Crippen molar-refractivity contribution in [3.05, 3.63) is 58.4 Å². The minimum absolute atomic E-state index is 0.0609. The van der Waals surface area contributed by atoms with Crippen molar-refractivity contribution in [3.63, 3.8) is 0 Å². The summed E-state index contributed by atoms with van der Waals surface area (Å²) in [7, 11) is -4.86. The second-order valence-corrected chi connectivity index (χ2v) is 7.75. The van der Waals surface area contributed by atoms with Crippen molar-refractivity contribution in [1.29, 1.82) is 5.41 Å². The topological polar surface area (TPSA) is 67.2 Å². The number of sulfone groups is 1. The molecular formula is C16H11ClF3NO3S. The van der Waals surface area contributed by atoms with E-state index in [1.807, 2.05) is 0 Å². The van der Waals surface area contributed by atoms with E-state index in [2.05, 4.69) is 0 Å². The van der Waals surface area contributed by atoms with Gasteiger partial charge in [-0.05, 0) is 23.8 Å². The quantitative estimate of drug-likeness (QED) is 0.863. The molecule has 0 aromatic heterocycles. The van der Waals surface area contributed by atoms with Gasteiger partial charge in [0.15, 0.2) is 0 Å². The maximum Gasteiger partial charge on any atom is 0.341 e. The molecule has 9 heteroatoms. The zero-order valence-corrected chi connectivity index (χ0v) is 14.0. The summed E-state index contributed by atoms with van der Waals surface area (Å²) in [6.07, 6.45) is -0.823. The summed E-state index contributed by atoms with van der Waals surface area (Å²) in [5, 5.41) is 8.24. The van der Waals surface area contributed by atoms with E-state index in [1.54, 1.807) is 0 Å². The molecule has 1 unspecified atom stereocenters. The highest BCUT2D eigenvalue weighted by Crippen LogP contribution is 2.33. The van der Waals surface area contributed by atoms with Crippen LogP contribution in [0, 0.1) is 11.2 Å². The van der Waals surface area contributed by atoms with Crippen molar-refractivity contribution >= 4 is 27.1 Å². The van der Waals surface area contributed by atoms with Gasteiger partial charge in [0.25, 0.3) is 0 Å². The fourth-order valence-electron chi connectivity index (χ4n) is 2.71. The number of ether oxygens (including phenoxy) is 1. The van der Waals surface area contributed by atoms with Crippen molar-refractivity contribution in [3.8, 4) is 5.75 Å². The lowest BCUT2D eigenvalue weighted by atomic mass is 10.1. The van der Waals surface area contributed by atoms with Crippen LogP contribution in [0.3, 0.4) is 0 Å². The number of alkyl halides is 2. The number of hydrogen-bond donors (Lipinski definition) is 1. The first-order valence-corrected chi connectivity index (χ1v) is 8.98. The third-order valence-electron chi connectivity index (χ3n) is 3.76. The van der Waals surface area contributed by atoms with Crippen molar-refractivity contribution in [2.75, 3.05) is 0 Å². The normalized spacial score (nSPS) is 17.0. The van der Waals surface area contributed by atoms with Gasteiger partial charge >= 0.3 is 5.76 Å². The Morgan fingerprint density at radius 2 is 1.96 bits per heavy atom. The number of benzene rings is 2. The van der Waals surface area contributed by atoms with E-state index in [-0.39, 0.29) is 28.5 Å². The fourth-order valence-corrected chi connectivity index (χ4v) is 3.91. The summed E-state index contributed by atoms with van der Waals surface area (Å²) >= 11 is 5.74. The molecule has 25 heavy (non-hydrogen) atoms. The lowest BCUT2D eigenvalue weighted by Gasteiger charge is -2.14. The molecule has 0 spiro atoms. The zero-order valence-electron chi connectivity index (χ0n) is 12.5. The van der Waals surface area contributed by atoms with Crippen LogP contribution in [0.25, 0.3) is 0 Å². The molecule has 0 saturated carbocycles. The first kappa shape index (κ1) is 17.8. The maximum absolute atomic E-state index is 13.4. The minimum atomic E-state index is -4.86. The number of rotatable bonds is 4. The molecule has 0 heterocycles. The molecule has 4 nitrogen and oxygen atoms in total. The monoisotopic (exact) mass is 389 g/mol. The Hall–Kier alpha value is -2.06. The summed E-state index contributed by atoms with van der Waals surface area (Å²) in [5.74, 6) is -4.16. The summed E-state index contributed by atoms with van der Waals surface area (Å²) in [4.78, 5) is -0.603. The number of hydrogen-bond acceptors (Lipinski definition) is 4. The average Bonchev–Trinajstić information content (AvgIpc) is 2.82. The Bertz CT molecular complexity index is 943. The summed E-state index contributed by atoms with van der Waals surface area (Å²) in [5.41, 5.74) is 0.0599. The smallest absolute Gasteiger partial charge is 0.341 e. The molecule has 2 aromatic carbocycles. The summed E-state index contributed by atoms with van der Waals surface area (Å²) < 4.78 is 68.4. The molecule has 0 amide bonds. The van der Waals surface area contributed by atoms with Crippen LogP contribution in [0.4, 0.5) is 13.2 Å². The maximum atomic E-state index is 13.4. The van der Waals surface area contributed by atoms with Gasteiger partial charge in [-0.2, -0.15) is 8.78 Å². The van der Waals surface area contributed by atoms with E-state index in [0.717, 1.165) is 18.2 Å². The molecule has 0 bridgehead atoms. The van der Waals surface area contributed by atoms with Gasteiger partial charge < -0.3 is 10.1 Å². The van der Waals surface area contributed by atoms with Gasteiger partial charge in [0.2, 0.25) is 9.84 Å². The highest BCUT2D eigenvalue weighted by molar-refractivity contribution is 7.91. The molecule has 132 valence electrons. The Labute approximate surface area is 146 Å². The van der Waals surface area contributed by atoms with E-state index in [4.69, 9.17) is 21.7 Å². The van der Waals surface area contributed by atoms with Gasteiger partial charge in [-0.25, -0.2) is 12.8 Å². The Morgan fingerprint density at radius 3 is 2.60 bits per heavy atom. The zero-order chi connectivity index (χ0) is 18.4. The van der Waals surface area contributed by atoms with Gasteiger partial charge in [-0.3, -0.25) is 0 Å². The number of nitrogens with one attached hydrogen (secondary N) is 1. The van der Waals surface area contributed by atoms with Crippen LogP contribution in [0.15, 0.2) is 41.3 Å². The van der Waals surface area contributed by atoms with E-state index < -0.39 is 32.4 Å². The lowest BCUT2D eigenvalue weighted by Crippen LogP contribution is -2.25. The second-order valence-electron chi connectivity index (χ2n) is 5.43. The average molecular weight is 390 g/mol. The second kappa shape index (κ2) is 6.34. The minimum Gasteiger partial charge on any atom is -0.484 e. The van der Waals surface area contributed by atoms with Crippen LogP contribution in [0.5, 0.6) is 5.75 Å². The highest BCUT2D eigenvalue weighted by atomic mass is 35.5. The van der Waals surface area contributed by atoms with Crippen LogP contribution in [0.2, 0.25) is 5.02 Å². The number of fused-ring (bicyclic) bond motifs is 1. The summed E-state index contributed by atoms with van der Waals surface area (Å²) in [6, 6.07) is 7.41. The van der Waals surface area contributed by atoms with E-state index >= 15 is 0 Å². The van der Waals surface area contributed by atoms with Crippen LogP contribution >= 0.6 is 11.6 Å².